The first-order chi connectivity index (χ1) is 9.15. The highest BCUT2D eigenvalue weighted by atomic mass is 35.5. The molecule has 0 saturated heterocycles. The molecule has 98 valence electrons. The first-order valence-electron chi connectivity index (χ1n) is 6.16. The van der Waals surface area contributed by atoms with Crippen LogP contribution in [-0.2, 0) is 17.2 Å². The van der Waals surface area contributed by atoms with E-state index in [0.717, 1.165) is 11.3 Å². The molecule has 0 fully saturated rings. The highest BCUT2D eigenvalue weighted by Crippen LogP contribution is 2.36. The molecule has 1 aliphatic carbocycles. The van der Waals surface area contributed by atoms with Crippen LogP contribution >= 0.6 is 11.6 Å². The molecule has 0 bridgehead atoms. The van der Waals surface area contributed by atoms with Crippen molar-refractivity contribution >= 4 is 28.1 Å². The van der Waals surface area contributed by atoms with E-state index in [-0.39, 0.29) is 0 Å². The van der Waals surface area contributed by atoms with Crippen molar-refractivity contribution in [3.63, 3.8) is 0 Å². The average Bonchev–Trinajstić information content (AvgIpc) is 2.39. The van der Waals surface area contributed by atoms with E-state index in [1.807, 2.05) is 12.1 Å². The van der Waals surface area contributed by atoms with Gasteiger partial charge in [0.2, 0.25) is 0 Å². The van der Waals surface area contributed by atoms with Crippen LogP contribution in [0.2, 0.25) is 5.02 Å². The Hall–Kier alpha value is -1.32. The van der Waals surface area contributed by atoms with Gasteiger partial charge >= 0.3 is 0 Å². The fourth-order valence-electron chi connectivity index (χ4n) is 2.44. The smallest absolute Gasteiger partial charge is 0.0647 e. The Morgan fingerprint density at radius 3 is 2.79 bits per heavy atom. The molecule has 2 N–H and O–H groups in total. The minimum Gasteiger partial charge on any atom is -0.398 e. The molecule has 0 aromatic heterocycles. The van der Waals surface area contributed by atoms with Gasteiger partial charge in [-0.1, -0.05) is 35.9 Å². The zero-order chi connectivity index (χ0) is 13.4. The first kappa shape index (κ1) is 12.7. The maximum absolute atomic E-state index is 12.3. The fraction of sp³-hybridized carbons (Fsp3) is 0.200. The van der Waals surface area contributed by atoms with E-state index in [0.29, 0.717) is 22.4 Å². The fourth-order valence-corrected chi connectivity index (χ4v) is 4.01. The van der Waals surface area contributed by atoms with Crippen molar-refractivity contribution in [2.75, 3.05) is 11.5 Å². The van der Waals surface area contributed by atoms with Gasteiger partial charge in [0.25, 0.3) is 0 Å². The first-order valence-corrected chi connectivity index (χ1v) is 7.86. The van der Waals surface area contributed by atoms with Crippen LogP contribution in [0, 0.1) is 0 Å². The summed E-state index contributed by atoms with van der Waals surface area (Å²) in [5.41, 5.74) is 8.89. The van der Waals surface area contributed by atoms with Crippen molar-refractivity contribution < 1.29 is 4.21 Å². The molecular weight excluding hydrogens is 278 g/mol. The molecule has 4 heteroatoms. The highest BCUT2D eigenvalue weighted by molar-refractivity contribution is 7.85. The minimum atomic E-state index is -1.03. The zero-order valence-corrected chi connectivity index (χ0v) is 11.9. The summed E-state index contributed by atoms with van der Waals surface area (Å²) in [4.78, 5) is 0.753. The maximum atomic E-state index is 12.3. The molecule has 2 unspecified atom stereocenters. The van der Waals surface area contributed by atoms with Crippen LogP contribution in [0.15, 0.2) is 47.4 Å². The van der Waals surface area contributed by atoms with Crippen LogP contribution < -0.4 is 5.73 Å². The second kappa shape index (κ2) is 4.99. The molecule has 1 aliphatic rings. The van der Waals surface area contributed by atoms with Gasteiger partial charge in [0.15, 0.2) is 0 Å². The Morgan fingerprint density at radius 2 is 2.05 bits per heavy atom. The summed E-state index contributed by atoms with van der Waals surface area (Å²) in [5.74, 6) is 1.05. The van der Waals surface area contributed by atoms with Gasteiger partial charge in [0.05, 0.1) is 21.5 Å². The molecule has 2 aromatic rings. The lowest BCUT2D eigenvalue weighted by molar-refractivity contribution is 0.644. The van der Waals surface area contributed by atoms with Gasteiger partial charge in [-0.15, -0.1) is 0 Å². The number of nitrogen functional groups attached to an aromatic ring is 1. The summed E-state index contributed by atoms with van der Waals surface area (Å²) in [5, 5.41) is 0.472. The summed E-state index contributed by atoms with van der Waals surface area (Å²) in [6.07, 6.45) is 1.02. The topological polar surface area (TPSA) is 43.1 Å². The third-order valence-corrected chi connectivity index (χ3v) is 5.36. The van der Waals surface area contributed by atoms with E-state index in [1.54, 1.807) is 18.2 Å². The van der Waals surface area contributed by atoms with Crippen molar-refractivity contribution in [1.29, 1.82) is 0 Å². The molecule has 2 nitrogen and oxygen atoms in total. The largest absolute Gasteiger partial charge is 0.398 e. The van der Waals surface area contributed by atoms with Gasteiger partial charge < -0.3 is 5.73 Å². The summed E-state index contributed by atoms with van der Waals surface area (Å²) in [7, 11) is -1.03. The van der Waals surface area contributed by atoms with Crippen LogP contribution in [-0.4, -0.2) is 9.96 Å². The van der Waals surface area contributed by atoms with E-state index in [9.17, 15) is 4.21 Å². The quantitative estimate of drug-likeness (QED) is 0.881. The molecule has 0 amide bonds. The van der Waals surface area contributed by atoms with Crippen molar-refractivity contribution in [3.8, 4) is 0 Å². The third-order valence-electron chi connectivity index (χ3n) is 3.55. The standard InChI is InChI=1S/C15H14ClNOS/c16-14-8-12(5-6-15(14)17)19(18)9-11-7-10-3-1-2-4-13(10)11/h1-6,8,11H,7,9,17H2. The summed E-state index contributed by atoms with van der Waals surface area (Å²) in [6, 6.07) is 13.6. The zero-order valence-electron chi connectivity index (χ0n) is 10.3. The van der Waals surface area contributed by atoms with Crippen molar-refractivity contribution in [3.05, 3.63) is 58.6 Å². The monoisotopic (exact) mass is 291 g/mol. The summed E-state index contributed by atoms with van der Waals surface area (Å²) in [6.45, 7) is 0. The molecular formula is C15H14ClNOS. The number of rotatable bonds is 3. The predicted molar refractivity (Wildman–Crippen MR) is 80.0 cm³/mol. The van der Waals surface area contributed by atoms with Crippen molar-refractivity contribution in [2.45, 2.75) is 17.2 Å². The number of benzene rings is 2. The highest BCUT2D eigenvalue weighted by Gasteiger charge is 2.27. The number of halogens is 1. The molecule has 0 heterocycles. The predicted octanol–water partition coefficient (Wildman–Crippen LogP) is 3.37. The van der Waals surface area contributed by atoms with E-state index < -0.39 is 10.8 Å². The molecule has 19 heavy (non-hydrogen) atoms. The minimum absolute atomic E-state index is 0.397. The van der Waals surface area contributed by atoms with Gasteiger partial charge in [0, 0.05) is 16.6 Å². The third kappa shape index (κ3) is 2.40. The molecule has 2 aromatic carbocycles. The lowest BCUT2D eigenvalue weighted by atomic mass is 9.79. The maximum Gasteiger partial charge on any atom is 0.0647 e. The molecule has 0 saturated carbocycles. The van der Waals surface area contributed by atoms with Crippen LogP contribution in [0.1, 0.15) is 17.0 Å². The molecule has 3 rings (SSSR count). The number of anilines is 1. The lowest BCUT2D eigenvalue weighted by Crippen LogP contribution is -2.22. The van der Waals surface area contributed by atoms with Crippen LogP contribution in [0.4, 0.5) is 5.69 Å². The van der Waals surface area contributed by atoms with Gasteiger partial charge in [-0.25, -0.2) is 0 Å². The normalized spacial score (nSPS) is 18.5. The second-order valence-electron chi connectivity index (χ2n) is 4.80. The number of hydrogen-bond donors (Lipinski definition) is 1. The van der Waals surface area contributed by atoms with E-state index >= 15 is 0 Å². The average molecular weight is 292 g/mol. The van der Waals surface area contributed by atoms with E-state index in [1.165, 1.54) is 11.1 Å². The van der Waals surface area contributed by atoms with Crippen LogP contribution in [0.3, 0.4) is 0 Å². The van der Waals surface area contributed by atoms with Crippen LogP contribution in [0.25, 0.3) is 0 Å². The number of nitrogens with two attached hydrogens (primary N) is 1. The molecule has 0 aliphatic heterocycles. The Kier molecular flexibility index (Phi) is 3.33. The van der Waals surface area contributed by atoms with Crippen molar-refractivity contribution in [1.82, 2.24) is 0 Å². The van der Waals surface area contributed by atoms with Gasteiger partial charge in [-0.05, 0) is 35.7 Å². The summed E-state index contributed by atoms with van der Waals surface area (Å²) >= 11 is 5.96. The Bertz CT molecular complexity index is 656. The Labute approximate surface area is 120 Å². The number of fused-ring (bicyclic) bond motifs is 1. The van der Waals surface area contributed by atoms with Gasteiger partial charge in [-0.2, -0.15) is 0 Å². The number of hydrogen-bond acceptors (Lipinski definition) is 2. The SMILES string of the molecule is Nc1ccc(S(=O)CC2Cc3ccccc32)cc1Cl. The van der Waals surface area contributed by atoms with Gasteiger partial charge in [-0.3, -0.25) is 4.21 Å². The van der Waals surface area contributed by atoms with Crippen molar-refractivity contribution in [2.24, 2.45) is 0 Å². The Balaban J connectivity index is 1.75. The van der Waals surface area contributed by atoms with E-state index in [2.05, 4.69) is 12.1 Å². The molecule has 2 atom stereocenters. The van der Waals surface area contributed by atoms with Crippen LogP contribution in [0.5, 0.6) is 0 Å². The summed E-state index contributed by atoms with van der Waals surface area (Å²) < 4.78 is 12.3. The Morgan fingerprint density at radius 1 is 1.26 bits per heavy atom. The molecule has 0 spiro atoms. The van der Waals surface area contributed by atoms with Gasteiger partial charge in [0.1, 0.15) is 0 Å². The molecule has 0 radical (unpaired) electrons. The lowest BCUT2D eigenvalue weighted by Gasteiger charge is -2.29. The van der Waals surface area contributed by atoms with E-state index in [4.69, 9.17) is 17.3 Å². The second-order valence-corrected chi connectivity index (χ2v) is 6.70.